The fourth-order valence-electron chi connectivity index (χ4n) is 2.22. The van der Waals surface area contributed by atoms with Gasteiger partial charge in [-0.15, -0.1) is 0 Å². The molecule has 0 aliphatic rings. The van der Waals surface area contributed by atoms with Gasteiger partial charge in [-0.05, 0) is 37.3 Å². The summed E-state index contributed by atoms with van der Waals surface area (Å²) in [5.74, 6) is 0.154. The first-order valence-corrected chi connectivity index (χ1v) is 6.65. The van der Waals surface area contributed by atoms with Crippen LogP contribution in [0.5, 0.6) is 11.5 Å². The van der Waals surface area contributed by atoms with Gasteiger partial charge in [0.2, 0.25) is 0 Å². The molecule has 1 aromatic carbocycles. The molecular formula is C15H24O2. The average Bonchev–Trinajstić information content (AvgIpc) is 2.31. The summed E-state index contributed by atoms with van der Waals surface area (Å²) in [5.41, 5.74) is 2.91. The summed E-state index contributed by atoms with van der Waals surface area (Å²) in [4.78, 5) is 0. The maximum absolute atomic E-state index is 10.0. The highest BCUT2D eigenvalue weighted by atomic mass is 16.3. The Balaban J connectivity index is 3.01. The van der Waals surface area contributed by atoms with Gasteiger partial charge in [0.25, 0.3) is 0 Å². The zero-order valence-electron chi connectivity index (χ0n) is 11.2. The number of rotatable bonds is 6. The van der Waals surface area contributed by atoms with Crippen LogP contribution in [0.2, 0.25) is 0 Å². The molecule has 0 aromatic heterocycles. The van der Waals surface area contributed by atoms with E-state index in [1.165, 1.54) is 18.4 Å². The van der Waals surface area contributed by atoms with E-state index < -0.39 is 0 Å². The van der Waals surface area contributed by atoms with Crippen molar-refractivity contribution in [1.82, 2.24) is 0 Å². The molecule has 0 spiro atoms. The van der Waals surface area contributed by atoms with Crippen LogP contribution >= 0.6 is 0 Å². The minimum absolute atomic E-state index is 0.0522. The largest absolute Gasteiger partial charge is 0.504 e. The normalized spacial score (nSPS) is 10.8. The van der Waals surface area contributed by atoms with Gasteiger partial charge in [0.15, 0.2) is 11.5 Å². The van der Waals surface area contributed by atoms with Crippen LogP contribution in [-0.4, -0.2) is 10.2 Å². The van der Waals surface area contributed by atoms with Crippen molar-refractivity contribution < 1.29 is 10.2 Å². The molecule has 0 fully saturated rings. The second-order valence-corrected chi connectivity index (χ2v) is 4.74. The third-order valence-electron chi connectivity index (χ3n) is 3.21. The number of benzene rings is 1. The molecule has 0 heterocycles. The van der Waals surface area contributed by atoms with Crippen molar-refractivity contribution >= 4 is 0 Å². The highest BCUT2D eigenvalue weighted by Crippen LogP contribution is 2.36. The number of hydrogen-bond acceptors (Lipinski definition) is 2. The van der Waals surface area contributed by atoms with Gasteiger partial charge in [0.05, 0.1) is 0 Å². The highest BCUT2D eigenvalue weighted by Gasteiger charge is 2.14. The predicted octanol–water partition coefficient (Wildman–Crippen LogP) is 4.09. The van der Waals surface area contributed by atoms with Crippen molar-refractivity contribution in [2.75, 3.05) is 0 Å². The molecule has 0 atom stereocenters. The van der Waals surface area contributed by atoms with Gasteiger partial charge in [0.1, 0.15) is 0 Å². The number of phenolic OH excluding ortho intramolecular Hbond substituents is 2. The Morgan fingerprint density at radius 3 is 2.24 bits per heavy atom. The molecule has 0 aliphatic heterocycles. The fraction of sp³-hybridized carbons (Fsp3) is 0.600. The summed E-state index contributed by atoms with van der Waals surface area (Å²) in [6, 6.07) is 2.01. The quantitative estimate of drug-likeness (QED) is 0.577. The number of phenols is 2. The van der Waals surface area contributed by atoms with Crippen LogP contribution in [0.15, 0.2) is 6.07 Å². The standard InChI is InChI=1S/C15H24O2/c1-4-6-7-9-13-12(8-5-2)10-11(3)14(16)15(13)17/h10,16-17H,4-9H2,1-3H3. The molecule has 0 unspecified atom stereocenters. The SMILES string of the molecule is CCCCCc1c(CCC)cc(C)c(O)c1O. The average molecular weight is 236 g/mol. The second kappa shape index (κ2) is 6.53. The van der Waals surface area contributed by atoms with Crippen molar-refractivity contribution in [3.05, 3.63) is 22.8 Å². The molecule has 1 rings (SSSR count). The lowest BCUT2D eigenvalue weighted by atomic mass is 9.94. The summed E-state index contributed by atoms with van der Waals surface area (Å²) in [6.07, 6.45) is 6.30. The molecule has 0 bridgehead atoms. The monoisotopic (exact) mass is 236 g/mol. The maximum Gasteiger partial charge on any atom is 0.161 e. The molecule has 2 N–H and O–H groups in total. The third-order valence-corrected chi connectivity index (χ3v) is 3.21. The number of hydrogen-bond donors (Lipinski definition) is 2. The van der Waals surface area contributed by atoms with Gasteiger partial charge in [-0.25, -0.2) is 0 Å². The van der Waals surface area contributed by atoms with Crippen LogP contribution < -0.4 is 0 Å². The number of aryl methyl sites for hydroxylation is 2. The first-order chi connectivity index (χ1) is 8.11. The molecule has 0 saturated heterocycles. The Kier molecular flexibility index (Phi) is 5.33. The van der Waals surface area contributed by atoms with E-state index in [1.54, 1.807) is 0 Å². The van der Waals surface area contributed by atoms with Crippen molar-refractivity contribution in [2.24, 2.45) is 0 Å². The maximum atomic E-state index is 10.0. The van der Waals surface area contributed by atoms with Gasteiger partial charge < -0.3 is 10.2 Å². The molecule has 1 aromatic rings. The molecule has 0 radical (unpaired) electrons. The molecule has 96 valence electrons. The summed E-state index contributed by atoms with van der Waals surface area (Å²) >= 11 is 0. The second-order valence-electron chi connectivity index (χ2n) is 4.74. The Hall–Kier alpha value is -1.18. The molecule has 2 heteroatoms. The summed E-state index contributed by atoms with van der Waals surface area (Å²) in [5, 5.41) is 19.8. The van der Waals surface area contributed by atoms with E-state index >= 15 is 0 Å². The third kappa shape index (κ3) is 3.39. The topological polar surface area (TPSA) is 40.5 Å². The smallest absolute Gasteiger partial charge is 0.161 e. The summed E-state index contributed by atoms with van der Waals surface area (Å²) in [7, 11) is 0. The molecule has 0 aliphatic carbocycles. The van der Waals surface area contributed by atoms with Gasteiger partial charge in [0, 0.05) is 5.56 Å². The van der Waals surface area contributed by atoms with Crippen molar-refractivity contribution in [3.63, 3.8) is 0 Å². The van der Waals surface area contributed by atoms with Gasteiger partial charge in [-0.1, -0.05) is 39.2 Å². The first-order valence-electron chi connectivity index (χ1n) is 6.65. The summed E-state index contributed by atoms with van der Waals surface area (Å²) < 4.78 is 0. The molecular weight excluding hydrogens is 212 g/mol. The van der Waals surface area contributed by atoms with Crippen molar-refractivity contribution in [2.45, 2.75) is 59.3 Å². The van der Waals surface area contributed by atoms with E-state index in [2.05, 4.69) is 13.8 Å². The molecule has 0 saturated carbocycles. The summed E-state index contributed by atoms with van der Waals surface area (Å²) in [6.45, 7) is 6.14. The lowest BCUT2D eigenvalue weighted by Crippen LogP contribution is -1.97. The number of unbranched alkanes of at least 4 members (excludes halogenated alkanes) is 2. The van der Waals surface area contributed by atoms with Crippen LogP contribution in [0, 0.1) is 6.92 Å². The van der Waals surface area contributed by atoms with Gasteiger partial charge >= 0.3 is 0 Å². The predicted molar refractivity (Wildman–Crippen MR) is 71.7 cm³/mol. The number of aromatic hydroxyl groups is 2. The van der Waals surface area contributed by atoms with E-state index in [-0.39, 0.29) is 11.5 Å². The Morgan fingerprint density at radius 2 is 1.65 bits per heavy atom. The van der Waals surface area contributed by atoms with Crippen LogP contribution in [-0.2, 0) is 12.8 Å². The minimum Gasteiger partial charge on any atom is -0.504 e. The Morgan fingerprint density at radius 1 is 0.941 bits per heavy atom. The van der Waals surface area contributed by atoms with Crippen LogP contribution in [0.1, 0.15) is 56.2 Å². The van der Waals surface area contributed by atoms with Gasteiger partial charge in [-0.3, -0.25) is 0 Å². The van der Waals surface area contributed by atoms with Crippen LogP contribution in [0.25, 0.3) is 0 Å². The molecule has 2 nitrogen and oxygen atoms in total. The lowest BCUT2D eigenvalue weighted by Gasteiger charge is -2.14. The van der Waals surface area contributed by atoms with E-state index in [0.29, 0.717) is 0 Å². The van der Waals surface area contributed by atoms with Crippen molar-refractivity contribution in [3.8, 4) is 11.5 Å². The Labute approximate surface area is 104 Å². The first kappa shape index (κ1) is 13.9. The van der Waals surface area contributed by atoms with Gasteiger partial charge in [-0.2, -0.15) is 0 Å². The fourth-order valence-corrected chi connectivity index (χ4v) is 2.22. The van der Waals surface area contributed by atoms with Crippen LogP contribution in [0.3, 0.4) is 0 Å². The lowest BCUT2D eigenvalue weighted by molar-refractivity contribution is 0.395. The minimum atomic E-state index is 0.0522. The van der Waals surface area contributed by atoms with Crippen molar-refractivity contribution in [1.29, 1.82) is 0 Å². The zero-order valence-corrected chi connectivity index (χ0v) is 11.2. The molecule has 0 amide bonds. The molecule has 17 heavy (non-hydrogen) atoms. The van der Waals surface area contributed by atoms with Crippen LogP contribution in [0.4, 0.5) is 0 Å². The highest BCUT2D eigenvalue weighted by molar-refractivity contribution is 5.53. The van der Waals surface area contributed by atoms with E-state index in [1.807, 2.05) is 13.0 Å². The zero-order chi connectivity index (χ0) is 12.8. The van der Waals surface area contributed by atoms with E-state index in [0.717, 1.165) is 36.8 Å². The van der Waals surface area contributed by atoms with E-state index in [4.69, 9.17) is 0 Å². The van der Waals surface area contributed by atoms with E-state index in [9.17, 15) is 10.2 Å². The Bertz CT molecular complexity index is 370.